The van der Waals surface area contributed by atoms with Gasteiger partial charge in [-0.1, -0.05) is 85.7 Å². The third kappa shape index (κ3) is 8.55. The number of carboxylic acids is 1. The minimum Gasteiger partial charge on any atom is -0.480 e. The molecule has 1 aromatic rings. The minimum atomic E-state index is -0.971. The summed E-state index contributed by atoms with van der Waals surface area (Å²) in [6.07, 6.45) is 1.78. The normalized spacial score (nSPS) is 18.1. The molecule has 1 fully saturated rings. The van der Waals surface area contributed by atoms with E-state index in [9.17, 15) is 24.3 Å². The van der Waals surface area contributed by atoms with Gasteiger partial charge in [-0.25, -0.2) is 4.79 Å². The van der Waals surface area contributed by atoms with Crippen molar-refractivity contribution < 1.29 is 24.3 Å². The molecule has 0 aliphatic carbocycles. The quantitative estimate of drug-likeness (QED) is 0.362. The molecule has 2 N–H and O–H groups in total. The molecule has 4 atom stereocenters. The van der Waals surface area contributed by atoms with Crippen LogP contribution in [0.25, 0.3) is 0 Å². The molecule has 0 bridgehead atoms. The summed E-state index contributed by atoms with van der Waals surface area (Å²) in [4.78, 5) is 57.4. The average molecular weight is 587 g/mol. The van der Waals surface area contributed by atoms with Crippen molar-refractivity contribution in [1.29, 1.82) is 0 Å². The van der Waals surface area contributed by atoms with Gasteiger partial charge in [0.15, 0.2) is 0 Å². The molecule has 0 saturated carbocycles. The Bertz CT molecular complexity index is 1080. The molecular weight excluding hydrogens is 532 g/mol. The van der Waals surface area contributed by atoms with Gasteiger partial charge in [-0.2, -0.15) is 0 Å². The van der Waals surface area contributed by atoms with Gasteiger partial charge in [0.2, 0.25) is 17.7 Å². The van der Waals surface area contributed by atoms with Gasteiger partial charge in [-0.15, -0.1) is 0 Å². The number of hydrogen-bond donors (Lipinski definition) is 2. The highest BCUT2D eigenvalue weighted by Crippen LogP contribution is 2.35. The molecule has 42 heavy (non-hydrogen) atoms. The molecule has 9 nitrogen and oxygen atoms in total. The van der Waals surface area contributed by atoms with Crippen molar-refractivity contribution in [1.82, 2.24) is 20.0 Å². The van der Waals surface area contributed by atoms with Crippen LogP contribution in [0, 0.1) is 17.3 Å². The second kappa shape index (κ2) is 14.5. The molecule has 9 heteroatoms. The fourth-order valence-electron chi connectivity index (χ4n) is 6.16. The molecule has 1 aliphatic rings. The number of nitrogens with zero attached hydrogens (tertiary/aromatic N) is 3. The van der Waals surface area contributed by atoms with Crippen molar-refractivity contribution >= 4 is 23.7 Å². The van der Waals surface area contributed by atoms with Gasteiger partial charge in [-0.05, 0) is 43.2 Å². The summed E-state index contributed by atoms with van der Waals surface area (Å²) in [5.74, 6) is -1.76. The van der Waals surface area contributed by atoms with Crippen LogP contribution in [0.4, 0.5) is 0 Å². The van der Waals surface area contributed by atoms with E-state index in [0.717, 1.165) is 5.56 Å². The van der Waals surface area contributed by atoms with E-state index in [1.165, 1.54) is 4.90 Å². The SMILES string of the molecule is CC[C@H](C(=O)N[C@H](C(=O)N(C)[C@H](CN(C)CC(=O)N1CCC[C@H]1C(=O)O)C(C)C)C(C)(C)C)C(C)(C)c1ccccc1. The van der Waals surface area contributed by atoms with Gasteiger partial charge in [-0.3, -0.25) is 19.3 Å². The molecule has 1 saturated heterocycles. The molecule has 0 unspecified atom stereocenters. The van der Waals surface area contributed by atoms with Crippen molar-refractivity contribution in [3.05, 3.63) is 35.9 Å². The lowest BCUT2D eigenvalue weighted by atomic mass is 9.71. The zero-order valence-electron chi connectivity index (χ0n) is 27.4. The standard InChI is InChI=1S/C33H54N4O5/c1-11-24(33(7,8)23-16-13-12-14-17-23)29(39)34-28(32(4,5)6)30(40)36(10)26(22(2)3)20-35(9)21-27(38)37-19-15-18-25(37)31(41)42/h12-14,16-17,22,24-26,28H,11,15,18-21H2,1-10H3,(H,34,39)(H,41,42)/t24-,25+,26-,28-/m1/s1. The van der Waals surface area contributed by atoms with E-state index in [4.69, 9.17) is 0 Å². The first kappa shape index (κ1) is 35.3. The number of benzene rings is 1. The van der Waals surface area contributed by atoms with Crippen LogP contribution in [-0.4, -0.2) is 95.4 Å². The number of carbonyl (C=O) groups excluding carboxylic acids is 3. The molecule has 0 radical (unpaired) electrons. The maximum atomic E-state index is 14.1. The van der Waals surface area contributed by atoms with Crippen LogP contribution in [0.2, 0.25) is 0 Å². The van der Waals surface area contributed by atoms with Crippen molar-refractivity contribution in [3.8, 4) is 0 Å². The van der Waals surface area contributed by atoms with Crippen LogP contribution in [0.5, 0.6) is 0 Å². The van der Waals surface area contributed by atoms with E-state index in [1.807, 2.05) is 83.8 Å². The highest BCUT2D eigenvalue weighted by atomic mass is 16.4. The fraction of sp³-hybridized carbons (Fsp3) is 0.697. The van der Waals surface area contributed by atoms with Crippen molar-refractivity contribution in [2.75, 3.05) is 33.7 Å². The summed E-state index contributed by atoms with van der Waals surface area (Å²) in [5, 5.41) is 12.6. The molecule has 1 aromatic carbocycles. The Morgan fingerprint density at radius 2 is 1.64 bits per heavy atom. The minimum absolute atomic E-state index is 0.0706. The van der Waals surface area contributed by atoms with Crippen LogP contribution in [0.15, 0.2) is 30.3 Å². The van der Waals surface area contributed by atoms with E-state index in [0.29, 0.717) is 32.4 Å². The molecule has 236 valence electrons. The summed E-state index contributed by atoms with van der Waals surface area (Å²) in [6, 6.07) is 8.24. The highest BCUT2D eigenvalue weighted by Gasteiger charge is 2.42. The lowest BCUT2D eigenvalue weighted by molar-refractivity contribution is -0.148. The number of nitrogens with one attached hydrogen (secondary N) is 1. The molecule has 1 aliphatic heterocycles. The predicted molar refractivity (Wildman–Crippen MR) is 166 cm³/mol. The Hall–Kier alpha value is -2.94. The second-order valence-corrected chi connectivity index (χ2v) is 13.9. The number of carbonyl (C=O) groups is 4. The Morgan fingerprint density at radius 1 is 1.05 bits per heavy atom. The van der Waals surface area contributed by atoms with Crippen molar-refractivity contribution in [2.45, 2.75) is 98.2 Å². The Balaban J connectivity index is 2.20. The van der Waals surface area contributed by atoms with Crippen LogP contribution >= 0.6 is 0 Å². The highest BCUT2D eigenvalue weighted by molar-refractivity contribution is 5.90. The molecular formula is C33H54N4O5. The van der Waals surface area contributed by atoms with Gasteiger partial charge in [0.1, 0.15) is 12.1 Å². The van der Waals surface area contributed by atoms with Crippen LogP contribution < -0.4 is 5.32 Å². The third-order valence-corrected chi connectivity index (χ3v) is 8.89. The van der Waals surface area contributed by atoms with Gasteiger partial charge in [0, 0.05) is 37.5 Å². The average Bonchev–Trinajstić information content (AvgIpc) is 3.40. The number of amides is 3. The van der Waals surface area contributed by atoms with Crippen molar-refractivity contribution in [2.24, 2.45) is 17.3 Å². The van der Waals surface area contributed by atoms with Crippen LogP contribution in [0.1, 0.15) is 80.2 Å². The van der Waals surface area contributed by atoms with Gasteiger partial charge >= 0.3 is 5.97 Å². The van der Waals surface area contributed by atoms with Crippen molar-refractivity contribution in [3.63, 3.8) is 0 Å². The summed E-state index contributed by atoms with van der Waals surface area (Å²) in [7, 11) is 3.58. The number of likely N-dealkylation sites (tertiary alicyclic amines) is 1. The summed E-state index contributed by atoms with van der Waals surface area (Å²) >= 11 is 0. The van der Waals surface area contributed by atoms with Gasteiger partial charge in [0.05, 0.1) is 6.54 Å². The molecule has 3 amide bonds. The molecule has 0 aromatic heterocycles. The van der Waals surface area contributed by atoms with E-state index in [1.54, 1.807) is 11.9 Å². The van der Waals surface area contributed by atoms with E-state index >= 15 is 0 Å². The fourth-order valence-corrected chi connectivity index (χ4v) is 6.16. The Labute approximate surface area is 253 Å². The number of hydrogen-bond acceptors (Lipinski definition) is 5. The van der Waals surface area contributed by atoms with E-state index in [-0.39, 0.29) is 42.1 Å². The lowest BCUT2D eigenvalue weighted by Gasteiger charge is -2.41. The zero-order valence-corrected chi connectivity index (χ0v) is 27.4. The smallest absolute Gasteiger partial charge is 0.326 e. The summed E-state index contributed by atoms with van der Waals surface area (Å²) in [5.41, 5.74) is 0.104. The number of rotatable bonds is 13. The molecule has 1 heterocycles. The number of aliphatic carboxylic acids is 1. The predicted octanol–water partition coefficient (Wildman–Crippen LogP) is 4.01. The van der Waals surface area contributed by atoms with Crippen LogP contribution in [-0.2, 0) is 24.6 Å². The number of likely N-dealkylation sites (N-methyl/N-ethyl adjacent to an activating group) is 2. The van der Waals surface area contributed by atoms with Gasteiger partial charge in [0.25, 0.3) is 0 Å². The zero-order chi connectivity index (χ0) is 32.0. The first-order valence-electron chi connectivity index (χ1n) is 15.3. The summed E-state index contributed by atoms with van der Waals surface area (Å²) in [6.45, 7) is 17.0. The van der Waals surface area contributed by atoms with E-state index < -0.39 is 28.9 Å². The lowest BCUT2D eigenvalue weighted by Crippen LogP contribution is -2.59. The van der Waals surface area contributed by atoms with Crippen LogP contribution in [0.3, 0.4) is 0 Å². The first-order chi connectivity index (χ1) is 19.4. The Kier molecular flexibility index (Phi) is 12.2. The largest absolute Gasteiger partial charge is 0.480 e. The maximum absolute atomic E-state index is 14.1. The Morgan fingerprint density at radius 3 is 2.14 bits per heavy atom. The molecule has 0 spiro atoms. The summed E-state index contributed by atoms with van der Waals surface area (Å²) < 4.78 is 0. The maximum Gasteiger partial charge on any atom is 0.326 e. The monoisotopic (exact) mass is 586 g/mol. The third-order valence-electron chi connectivity index (χ3n) is 8.89. The first-order valence-corrected chi connectivity index (χ1v) is 15.3. The van der Waals surface area contributed by atoms with E-state index in [2.05, 4.69) is 19.2 Å². The van der Waals surface area contributed by atoms with Gasteiger partial charge < -0.3 is 20.2 Å². The topological polar surface area (TPSA) is 110 Å². The second-order valence-electron chi connectivity index (χ2n) is 13.9. The number of carboxylic acid groups (broad SMARTS) is 1. The molecule has 2 rings (SSSR count).